The molecule has 1 aromatic rings. The van der Waals surface area contributed by atoms with E-state index in [1.54, 1.807) is 30.3 Å². The molecule has 0 aliphatic rings. The monoisotopic (exact) mass is 270 g/mol. The lowest BCUT2D eigenvalue weighted by atomic mass is 10.1. The van der Waals surface area contributed by atoms with Gasteiger partial charge < -0.3 is 5.11 Å². The second kappa shape index (κ2) is 5.76. The van der Waals surface area contributed by atoms with Crippen molar-refractivity contribution in [2.45, 2.75) is 12.5 Å². The van der Waals surface area contributed by atoms with E-state index in [9.17, 15) is 13.2 Å². The molecule has 0 unspecified atom stereocenters. The van der Waals surface area contributed by atoms with Crippen LogP contribution in [-0.4, -0.2) is 29.9 Å². The Morgan fingerprint density at radius 3 is 2.44 bits per heavy atom. The van der Waals surface area contributed by atoms with Crippen LogP contribution < -0.4 is 5.84 Å². The summed E-state index contributed by atoms with van der Waals surface area (Å²) >= 11 is 0. The molecule has 0 aliphatic heterocycles. The number of benzene rings is 1. The minimum absolute atomic E-state index is 0.0141. The second-order valence-corrected chi connectivity index (χ2v) is 5.37. The summed E-state index contributed by atoms with van der Waals surface area (Å²) in [6.45, 7) is 3.10. The summed E-state index contributed by atoms with van der Waals surface area (Å²) < 4.78 is 23.2. The third-order valence-corrected chi connectivity index (χ3v) is 3.63. The molecule has 0 saturated heterocycles. The van der Waals surface area contributed by atoms with E-state index in [-0.39, 0.29) is 6.42 Å². The SMILES string of the molecule is C=CS(=O)(=O)N(N)[C@@H](Cc1ccccc1)C(=O)O. The predicted octanol–water partition coefficient (Wildman–Crippen LogP) is 0.331. The molecule has 98 valence electrons. The molecule has 0 heterocycles. The first-order valence-electron chi connectivity index (χ1n) is 5.07. The molecule has 0 amide bonds. The largest absolute Gasteiger partial charge is 0.480 e. The third kappa shape index (κ3) is 3.39. The van der Waals surface area contributed by atoms with Crippen LogP contribution in [-0.2, 0) is 21.2 Å². The van der Waals surface area contributed by atoms with Crippen molar-refractivity contribution in [3.63, 3.8) is 0 Å². The molecule has 18 heavy (non-hydrogen) atoms. The zero-order valence-corrected chi connectivity index (χ0v) is 10.4. The van der Waals surface area contributed by atoms with Crippen LogP contribution in [0.5, 0.6) is 0 Å². The highest BCUT2D eigenvalue weighted by molar-refractivity contribution is 7.91. The molecule has 0 aliphatic carbocycles. The quantitative estimate of drug-likeness (QED) is 0.573. The van der Waals surface area contributed by atoms with Gasteiger partial charge in [-0.25, -0.2) is 8.42 Å². The Morgan fingerprint density at radius 2 is 2.00 bits per heavy atom. The highest BCUT2D eigenvalue weighted by atomic mass is 32.2. The number of carboxylic acids is 1. The van der Waals surface area contributed by atoms with Crippen LogP contribution >= 0.6 is 0 Å². The van der Waals surface area contributed by atoms with E-state index >= 15 is 0 Å². The Bertz CT molecular complexity index is 527. The maximum Gasteiger partial charge on any atom is 0.323 e. The molecule has 1 rings (SSSR count). The Morgan fingerprint density at radius 1 is 1.44 bits per heavy atom. The third-order valence-electron chi connectivity index (χ3n) is 2.37. The zero-order chi connectivity index (χ0) is 13.8. The first kappa shape index (κ1) is 14.4. The fourth-order valence-corrected chi connectivity index (χ4v) is 2.08. The van der Waals surface area contributed by atoms with E-state index in [0.717, 1.165) is 0 Å². The van der Waals surface area contributed by atoms with Crippen LogP contribution in [0.2, 0.25) is 0 Å². The lowest BCUT2D eigenvalue weighted by molar-refractivity contribution is -0.141. The second-order valence-electron chi connectivity index (χ2n) is 3.59. The molecular formula is C11H14N2O4S. The van der Waals surface area contributed by atoms with Gasteiger partial charge in [0.25, 0.3) is 0 Å². The lowest BCUT2D eigenvalue weighted by Gasteiger charge is -2.21. The van der Waals surface area contributed by atoms with Crippen molar-refractivity contribution < 1.29 is 18.3 Å². The van der Waals surface area contributed by atoms with Gasteiger partial charge in [-0.2, -0.15) is 0 Å². The summed E-state index contributed by atoms with van der Waals surface area (Å²) in [6.07, 6.45) is -0.0141. The van der Waals surface area contributed by atoms with Gasteiger partial charge in [0, 0.05) is 11.8 Å². The van der Waals surface area contributed by atoms with Gasteiger partial charge in [0.05, 0.1) is 0 Å². The van der Waals surface area contributed by atoms with E-state index in [1.165, 1.54) is 0 Å². The van der Waals surface area contributed by atoms with E-state index in [1.807, 2.05) is 0 Å². The number of carboxylic acid groups (broad SMARTS) is 1. The first-order chi connectivity index (χ1) is 8.38. The molecule has 7 heteroatoms. The van der Waals surface area contributed by atoms with Crippen LogP contribution in [0.25, 0.3) is 0 Å². The van der Waals surface area contributed by atoms with Crippen LogP contribution in [0.3, 0.4) is 0 Å². The smallest absolute Gasteiger partial charge is 0.323 e. The number of nitrogens with zero attached hydrogens (tertiary/aromatic N) is 1. The summed E-state index contributed by atoms with van der Waals surface area (Å²) in [6, 6.07) is 7.28. The van der Waals surface area contributed by atoms with Gasteiger partial charge >= 0.3 is 5.97 Å². The Labute approximate surface area is 105 Å². The molecule has 6 nitrogen and oxygen atoms in total. The van der Waals surface area contributed by atoms with E-state index in [0.29, 0.717) is 15.4 Å². The average molecular weight is 270 g/mol. The summed E-state index contributed by atoms with van der Waals surface area (Å²) in [5.41, 5.74) is 0.680. The zero-order valence-electron chi connectivity index (χ0n) is 9.56. The average Bonchev–Trinajstić information content (AvgIpc) is 2.36. The van der Waals surface area contributed by atoms with Crippen LogP contribution in [0.4, 0.5) is 0 Å². The number of hydrogen-bond acceptors (Lipinski definition) is 4. The maximum atomic E-state index is 11.5. The van der Waals surface area contributed by atoms with Crippen molar-refractivity contribution in [3.05, 3.63) is 47.9 Å². The minimum atomic E-state index is -3.97. The van der Waals surface area contributed by atoms with Crippen LogP contribution in [0, 0.1) is 0 Å². The molecule has 3 N–H and O–H groups in total. The van der Waals surface area contributed by atoms with Gasteiger partial charge in [-0.05, 0) is 5.56 Å². The minimum Gasteiger partial charge on any atom is -0.480 e. The molecule has 0 fully saturated rings. The van der Waals surface area contributed by atoms with Gasteiger partial charge in [0.15, 0.2) is 0 Å². The van der Waals surface area contributed by atoms with Crippen molar-refractivity contribution in [1.29, 1.82) is 0 Å². The van der Waals surface area contributed by atoms with Crippen LogP contribution in [0.1, 0.15) is 5.56 Å². The van der Waals surface area contributed by atoms with Gasteiger partial charge in [0.1, 0.15) is 6.04 Å². The first-order valence-corrected chi connectivity index (χ1v) is 6.57. The standard InChI is InChI=1S/C11H14N2O4S/c1-2-18(16,17)13(12)10(11(14)15)8-9-6-4-3-5-7-9/h2-7,10H,1,8,12H2,(H,14,15)/t10-/m0/s1. The van der Waals surface area contributed by atoms with Gasteiger partial charge in [0.2, 0.25) is 10.0 Å². The van der Waals surface area contributed by atoms with Crippen molar-refractivity contribution in [2.24, 2.45) is 5.84 Å². The van der Waals surface area contributed by atoms with Crippen molar-refractivity contribution in [3.8, 4) is 0 Å². The number of hydrogen-bond donors (Lipinski definition) is 2. The summed E-state index contributed by atoms with van der Waals surface area (Å²) in [5.74, 6) is 4.04. The topological polar surface area (TPSA) is 101 Å². The number of sulfonamides is 1. The number of hydrazine groups is 1. The molecule has 1 atom stereocenters. The molecule has 0 bridgehead atoms. The normalized spacial score (nSPS) is 13.2. The van der Waals surface area contributed by atoms with E-state index in [2.05, 4.69) is 6.58 Å². The Hall–Kier alpha value is -1.70. The van der Waals surface area contributed by atoms with E-state index < -0.39 is 22.0 Å². The molecule has 0 radical (unpaired) electrons. The van der Waals surface area contributed by atoms with Crippen LogP contribution in [0.15, 0.2) is 42.3 Å². The molecule has 0 saturated carbocycles. The molecule has 0 aromatic heterocycles. The molecular weight excluding hydrogens is 256 g/mol. The van der Waals surface area contributed by atoms with Crippen molar-refractivity contribution >= 4 is 16.0 Å². The lowest BCUT2D eigenvalue weighted by Crippen LogP contribution is -2.49. The van der Waals surface area contributed by atoms with Crippen molar-refractivity contribution in [1.82, 2.24) is 4.41 Å². The van der Waals surface area contributed by atoms with Gasteiger partial charge in [-0.3, -0.25) is 10.6 Å². The Kier molecular flexibility index (Phi) is 4.60. The van der Waals surface area contributed by atoms with Gasteiger partial charge in [-0.15, -0.1) is 4.41 Å². The fraction of sp³-hybridized carbons (Fsp3) is 0.182. The Balaban J connectivity index is 2.98. The molecule has 1 aromatic carbocycles. The van der Waals surface area contributed by atoms with E-state index in [4.69, 9.17) is 10.9 Å². The highest BCUT2D eigenvalue weighted by Crippen LogP contribution is 2.10. The van der Waals surface area contributed by atoms with Gasteiger partial charge in [-0.1, -0.05) is 36.9 Å². The highest BCUT2D eigenvalue weighted by Gasteiger charge is 2.30. The predicted molar refractivity (Wildman–Crippen MR) is 66.7 cm³/mol. The number of carbonyl (C=O) groups is 1. The van der Waals surface area contributed by atoms with Crippen molar-refractivity contribution in [2.75, 3.05) is 0 Å². The number of nitrogens with two attached hydrogens (primary N) is 1. The summed E-state index contributed by atoms with van der Waals surface area (Å²) in [7, 11) is -3.97. The number of rotatable bonds is 6. The fourth-order valence-electron chi connectivity index (χ4n) is 1.39. The number of aliphatic carboxylic acids is 1. The summed E-state index contributed by atoms with van der Waals surface area (Å²) in [5, 5.41) is 9.66. The molecule has 0 spiro atoms. The summed E-state index contributed by atoms with van der Waals surface area (Å²) in [4.78, 5) is 11.1. The maximum absolute atomic E-state index is 11.5.